The molecule has 524 valence electrons. The SMILES string of the molecule is CCCCCCCCCCCCCCCCCCCCC/C=C/CC/C=C/C(O)C(COP(=O)(O)OCC[N+](C)(C)C)NC(=O)CCCCCCCCCCCCCCCCCCCCCCCCCCCCCCCCCCCCCCCCCCC. The van der Waals surface area contributed by atoms with E-state index in [-0.39, 0.29) is 19.1 Å². The molecule has 0 radical (unpaired) electrons. The van der Waals surface area contributed by atoms with Crippen LogP contribution in [0.4, 0.5) is 0 Å². The van der Waals surface area contributed by atoms with Gasteiger partial charge in [0.2, 0.25) is 5.91 Å². The second kappa shape index (κ2) is 70.3. The van der Waals surface area contributed by atoms with E-state index in [1.165, 1.54) is 366 Å². The Kier molecular flexibility index (Phi) is 69.5. The van der Waals surface area contributed by atoms with Crippen molar-refractivity contribution in [1.29, 1.82) is 0 Å². The van der Waals surface area contributed by atoms with Crippen LogP contribution in [0.1, 0.15) is 425 Å². The van der Waals surface area contributed by atoms with Crippen LogP contribution in [0.15, 0.2) is 24.3 Å². The molecule has 0 saturated heterocycles. The van der Waals surface area contributed by atoms with Crippen molar-refractivity contribution in [1.82, 2.24) is 5.32 Å². The molecule has 0 aromatic rings. The summed E-state index contributed by atoms with van der Waals surface area (Å²) in [7, 11) is 1.58. The first-order chi connectivity index (χ1) is 43.0. The maximum Gasteiger partial charge on any atom is 0.472 e. The van der Waals surface area contributed by atoms with Crippen molar-refractivity contribution in [2.24, 2.45) is 0 Å². The van der Waals surface area contributed by atoms with Gasteiger partial charge in [-0.3, -0.25) is 13.8 Å². The van der Waals surface area contributed by atoms with E-state index in [2.05, 4.69) is 31.3 Å². The molecule has 0 aliphatic rings. The Morgan fingerprint density at radius 2 is 0.625 bits per heavy atom. The second-order valence-electron chi connectivity index (χ2n) is 28.8. The molecule has 0 heterocycles. The van der Waals surface area contributed by atoms with Crippen LogP contribution in [0.2, 0.25) is 0 Å². The molecule has 3 N–H and O–H groups in total. The number of rotatable bonds is 75. The highest BCUT2D eigenvalue weighted by Gasteiger charge is 2.28. The summed E-state index contributed by atoms with van der Waals surface area (Å²) in [5.41, 5.74) is 0. The molecule has 0 aromatic carbocycles. The van der Waals surface area contributed by atoms with Gasteiger partial charge in [-0.1, -0.05) is 411 Å². The molecular weight excluding hydrogens is 1100 g/mol. The van der Waals surface area contributed by atoms with Gasteiger partial charge in [-0.25, -0.2) is 4.57 Å². The topological polar surface area (TPSA) is 105 Å². The first kappa shape index (κ1) is 87.0. The standard InChI is InChI=1S/C79H157N2O6P/c1-6-8-10-12-14-16-18-20-22-24-26-28-30-32-33-34-35-36-37-38-39-40-41-42-43-44-45-46-47-49-51-53-55-57-59-61-63-65-67-69-71-73-79(83)80-77(76-87-88(84,85)86-75-74-81(3,4)5)78(82)72-70-68-66-64-62-60-58-56-54-52-50-48-31-29-27-25-23-21-19-17-15-13-11-9-7-2/h62,64,70,72,77-78,82H,6-61,63,65-69,71,73-76H2,1-5H3,(H-,80,83,84,85)/p+1/b64-62+,72-70+. The van der Waals surface area contributed by atoms with E-state index in [0.29, 0.717) is 17.4 Å². The number of phosphoric ester groups is 1. The number of hydrogen-bond acceptors (Lipinski definition) is 5. The Balaban J connectivity index is 3.90. The molecule has 0 aliphatic carbocycles. The fourth-order valence-corrected chi connectivity index (χ4v) is 13.3. The van der Waals surface area contributed by atoms with Crippen molar-refractivity contribution in [3.05, 3.63) is 24.3 Å². The molecular formula is C79H158N2O6P+. The van der Waals surface area contributed by atoms with Crippen molar-refractivity contribution in [3.8, 4) is 0 Å². The van der Waals surface area contributed by atoms with Gasteiger partial charge in [0.15, 0.2) is 0 Å². The maximum atomic E-state index is 13.1. The number of carbonyl (C=O) groups excluding carboxylic acids is 1. The summed E-state index contributed by atoms with van der Waals surface area (Å²) in [6.45, 7) is 4.87. The average Bonchev–Trinajstić information content (AvgIpc) is 3.71. The fraction of sp³-hybridized carbons (Fsp3) is 0.937. The van der Waals surface area contributed by atoms with Crippen molar-refractivity contribution in [2.45, 2.75) is 437 Å². The van der Waals surface area contributed by atoms with Gasteiger partial charge in [-0.05, 0) is 32.1 Å². The lowest BCUT2D eigenvalue weighted by Gasteiger charge is -2.25. The summed E-state index contributed by atoms with van der Waals surface area (Å²) in [5, 5.41) is 14.0. The van der Waals surface area contributed by atoms with Crippen LogP contribution >= 0.6 is 7.82 Å². The highest BCUT2D eigenvalue weighted by Crippen LogP contribution is 2.43. The number of aliphatic hydroxyl groups is 1. The van der Waals surface area contributed by atoms with Crippen LogP contribution in [0.25, 0.3) is 0 Å². The maximum absolute atomic E-state index is 13.1. The summed E-state index contributed by atoms with van der Waals surface area (Å²) in [4.78, 5) is 23.5. The van der Waals surface area contributed by atoms with E-state index in [1.807, 2.05) is 27.2 Å². The Labute approximate surface area is 551 Å². The Hall–Kier alpha value is -1.02. The number of hydrogen-bond donors (Lipinski definition) is 3. The number of likely N-dealkylation sites (N-methyl/N-ethyl adjacent to an activating group) is 1. The Bertz CT molecular complexity index is 1480. The number of amides is 1. The van der Waals surface area contributed by atoms with Gasteiger partial charge in [0.1, 0.15) is 13.2 Å². The van der Waals surface area contributed by atoms with E-state index in [9.17, 15) is 19.4 Å². The third-order valence-electron chi connectivity index (χ3n) is 18.7. The molecule has 0 aliphatic heterocycles. The normalized spacial score (nSPS) is 13.6. The number of nitrogens with one attached hydrogen (secondary N) is 1. The Morgan fingerprint density at radius 3 is 0.909 bits per heavy atom. The fourth-order valence-electron chi connectivity index (χ4n) is 12.5. The quantitative estimate of drug-likeness (QED) is 0.0243. The highest BCUT2D eigenvalue weighted by molar-refractivity contribution is 7.47. The minimum absolute atomic E-state index is 0.0592. The van der Waals surface area contributed by atoms with Crippen LogP contribution in [-0.2, 0) is 18.4 Å². The van der Waals surface area contributed by atoms with Crippen LogP contribution in [0.5, 0.6) is 0 Å². The number of quaternary nitrogens is 1. The van der Waals surface area contributed by atoms with Crippen LogP contribution in [-0.4, -0.2) is 73.4 Å². The predicted molar refractivity (Wildman–Crippen MR) is 388 cm³/mol. The summed E-state index contributed by atoms with van der Waals surface area (Å²) in [6.07, 6.45) is 93.9. The van der Waals surface area contributed by atoms with Gasteiger partial charge >= 0.3 is 7.82 Å². The minimum Gasteiger partial charge on any atom is -0.387 e. The van der Waals surface area contributed by atoms with E-state index in [0.717, 1.165) is 38.5 Å². The lowest BCUT2D eigenvalue weighted by molar-refractivity contribution is -0.870. The van der Waals surface area contributed by atoms with E-state index in [4.69, 9.17) is 9.05 Å². The number of unbranched alkanes of at least 4 members (excludes halogenated alkanes) is 60. The van der Waals surface area contributed by atoms with E-state index >= 15 is 0 Å². The molecule has 0 spiro atoms. The number of aliphatic hydroxyl groups excluding tert-OH is 1. The third kappa shape index (κ3) is 72.4. The highest BCUT2D eigenvalue weighted by atomic mass is 31.2. The molecule has 3 atom stereocenters. The zero-order chi connectivity index (χ0) is 64.1. The number of nitrogens with zero attached hydrogens (tertiary/aromatic N) is 1. The molecule has 88 heavy (non-hydrogen) atoms. The number of phosphoric acid groups is 1. The molecule has 0 fully saturated rings. The van der Waals surface area contributed by atoms with Gasteiger partial charge in [0.05, 0.1) is 39.9 Å². The zero-order valence-electron chi connectivity index (χ0n) is 60.3. The van der Waals surface area contributed by atoms with Gasteiger partial charge in [0.25, 0.3) is 0 Å². The molecule has 0 aromatic heterocycles. The molecule has 3 unspecified atom stereocenters. The lowest BCUT2D eigenvalue weighted by atomic mass is 10.0. The first-order valence-electron chi connectivity index (χ1n) is 39.7. The van der Waals surface area contributed by atoms with E-state index in [1.54, 1.807) is 6.08 Å². The molecule has 0 bridgehead atoms. The lowest BCUT2D eigenvalue weighted by Crippen LogP contribution is -2.45. The van der Waals surface area contributed by atoms with Crippen molar-refractivity contribution in [3.63, 3.8) is 0 Å². The summed E-state index contributed by atoms with van der Waals surface area (Å²) >= 11 is 0. The first-order valence-corrected chi connectivity index (χ1v) is 41.2. The molecule has 1 amide bonds. The van der Waals surface area contributed by atoms with E-state index < -0.39 is 20.0 Å². The average molecular weight is 1260 g/mol. The van der Waals surface area contributed by atoms with Gasteiger partial charge < -0.3 is 19.8 Å². The second-order valence-corrected chi connectivity index (χ2v) is 30.3. The minimum atomic E-state index is -4.36. The molecule has 0 rings (SSSR count). The van der Waals surface area contributed by atoms with Crippen LogP contribution in [0.3, 0.4) is 0 Å². The predicted octanol–water partition coefficient (Wildman–Crippen LogP) is 25.8. The summed E-state index contributed by atoms with van der Waals surface area (Å²) in [6, 6.07) is -0.862. The van der Waals surface area contributed by atoms with Crippen molar-refractivity contribution < 1.29 is 32.9 Å². The Morgan fingerprint density at radius 1 is 0.375 bits per heavy atom. The summed E-state index contributed by atoms with van der Waals surface area (Å²) < 4.78 is 23.8. The van der Waals surface area contributed by atoms with Gasteiger partial charge in [-0.2, -0.15) is 0 Å². The van der Waals surface area contributed by atoms with Crippen molar-refractivity contribution in [2.75, 3.05) is 40.9 Å². The third-order valence-corrected chi connectivity index (χ3v) is 19.7. The monoisotopic (exact) mass is 1260 g/mol. The zero-order valence-corrected chi connectivity index (χ0v) is 61.2. The van der Waals surface area contributed by atoms with Crippen molar-refractivity contribution >= 4 is 13.7 Å². The number of carbonyl (C=O) groups is 1. The van der Waals surface area contributed by atoms with Gasteiger partial charge in [-0.15, -0.1) is 0 Å². The largest absolute Gasteiger partial charge is 0.472 e. The smallest absolute Gasteiger partial charge is 0.387 e. The number of allylic oxidation sites excluding steroid dienone is 3. The van der Waals surface area contributed by atoms with Gasteiger partial charge in [0, 0.05) is 6.42 Å². The van der Waals surface area contributed by atoms with Crippen LogP contribution in [0, 0.1) is 0 Å². The van der Waals surface area contributed by atoms with Crippen LogP contribution < -0.4 is 5.32 Å². The molecule has 8 nitrogen and oxygen atoms in total. The molecule has 9 heteroatoms. The summed E-state index contributed by atoms with van der Waals surface area (Å²) in [5.74, 6) is -0.177. The molecule has 0 saturated carbocycles.